The third kappa shape index (κ3) is 1.86. The Bertz CT molecular complexity index is 368. The summed E-state index contributed by atoms with van der Waals surface area (Å²) in [5, 5.41) is 19.2. The van der Waals surface area contributed by atoms with E-state index in [-0.39, 0.29) is 23.4 Å². The van der Waals surface area contributed by atoms with Crippen LogP contribution >= 0.6 is 0 Å². The van der Waals surface area contributed by atoms with Crippen LogP contribution in [0.5, 0.6) is 0 Å². The minimum absolute atomic E-state index is 0.0975. The molecule has 5 nitrogen and oxygen atoms in total. The van der Waals surface area contributed by atoms with Crippen LogP contribution in [0.25, 0.3) is 0 Å². The number of halogens is 1. The molecule has 1 rings (SSSR count). The van der Waals surface area contributed by atoms with E-state index in [0.717, 1.165) is 12.1 Å². The molecule has 0 radical (unpaired) electrons. The molecule has 0 saturated carbocycles. The zero-order chi connectivity index (χ0) is 10.7. The summed E-state index contributed by atoms with van der Waals surface area (Å²) in [6, 6.07) is 1.91. The third-order valence-corrected chi connectivity index (χ3v) is 1.86. The van der Waals surface area contributed by atoms with Crippen molar-refractivity contribution in [2.45, 2.75) is 13.2 Å². The molecule has 0 aliphatic rings. The number of aliphatic hydroxyl groups excluding tert-OH is 1. The predicted molar refractivity (Wildman–Crippen MR) is 46.9 cm³/mol. The Hall–Kier alpha value is -1.53. The monoisotopic (exact) mass is 200 g/mol. The first-order valence-corrected chi connectivity index (χ1v) is 3.86. The molecule has 0 amide bonds. The van der Waals surface area contributed by atoms with Gasteiger partial charge in [0.1, 0.15) is 5.82 Å². The Balaban J connectivity index is 3.31. The summed E-state index contributed by atoms with van der Waals surface area (Å²) in [6.07, 6.45) is 0. The van der Waals surface area contributed by atoms with Crippen LogP contribution < -0.4 is 5.73 Å². The minimum atomic E-state index is -0.759. The van der Waals surface area contributed by atoms with Gasteiger partial charge in [0.25, 0.3) is 5.69 Å². The Morgan fingerprint density at radius 2 is 2.21 bits per heavy atom. The van der Waals surface area contributed by atoms with Crippen molar-refractivity contribution in [2.24, 2.45) is 5.73 Å². The number of nitrogens with zero attached hydrogens (tertiary/aromatic N) is 1. The minimum Gasteiger partial charge on any atom is -0.392 e. The van der Waals surface area contributed by atoms with Crippen LogP contribution in [0.2, 0.25) is 0 Å². The summed E-state index contributed by atoms with van der Waals surface area (Å²) in [7, 11) is 0. The van der Waals surface area contributed by atoms with Gasteiger partial charge in [-0.3, -0.25) is 10.1 Å². The predicted octanol–water partition coefficient (Wildman–Crippen LogP) is 0.685. The Morgan fingerprint density at radius 1 is 1.57 bits per heavy atom. The van der Waals surface area contributed by atoms with Gasteiger partial charge in [-0.25, -0.2) is 4.39 Å². The average Bonchev–Trinajstić information content (AvgIpc) is 2.16. The van der Waals surface area contributed by atoms with Gasteiger partial charge in [-0.1, -0.05) is 0 Å². The number of hydrogen-bond acceptors (Lipinski definition) is 4. The van der Waals surface area contributed by atoms with Crippen molar-refractivity contribution in [3.63, 3.8) is 0 Å². The fourth-order valence-electron chi connectivity index (χ4n) is 1.15. The Labute approximate surface area is 79.1 Å². The maximum Gasteiger partial charge on any atom is 0.272 e. The molecule has 0 aliphatic heterocycles. The molecule has 0 aromatic heterocycles. The van der Waals surface area contributed by atoms with Crippen LogP contribution in [0, 0.1) is 15.9 Å². The summed E-state index contributed by atoms with van der Waals surface area (Å²) in [4.78, 5) is 9.63. The van der Waals surface area contributed by atoms with E-state index in [0.29, 0.717) is 0 Å². The van der Waals surface area contributed by atoms with E-state index in [4.69, 9.17) is 10.8 Å². The van der Waals surface area contributed by atoms with E-state index >= 15 is 0 Å². The molecule has 1 aromatic carbocycles. The number of rotatable bonds is 3. The van der Waals surface area contributed by atoms with Gasteiger partial charge in [-0.2, -0.15) is 0 Å². The number of nitrogens with two attached hydrogens (primary N) is 1. The lowest BCUT2D eigenvalue weighted by atomic mass is 10.1. The van der Waals surface area contributed by atoms with E-state index < -0.39 is 17.3 Å². The average molecular weight is 200 g/mol. The van der Waals surface area contributed by atoms with Crippen molar-refractivity contribution in [3.8, 4) is 0 Å². The van der Waals surface area contributed by atoms with Gasteiger partial charge in [-0.15, -0.1) is 0 Å². The maximum atomic E-state index is 13.2. The van der Waals surface area contributed by atoms with Crippen molar-refractivity contribution < 1.29 is 14.4 Å². The van der Waals surface area contributed by atoms with Gasteiger partial charge in [-0.05, 0) is 5.56 Å². The molecule has 0 unspecified atom stereocenters. The van der Waals surface area contributed by atoms with Crippen molar-refractivity contribution in [3.05, 3.63) is 39.2 Å². The van der Waals surface area contributed by atoms with Crippen LogP contribution in [0.15, 0.2) is 12.1 Å². The molecule has 0 aliphatic carbocycles. The van der Waals surface area contributed by atoms with Crippen molar-refractivity contribution in [1.29, 1.82) is 0 Å². The number of non-ortho nitro benzene ring substituents is 1. The number of aliphatic hydroxyl groups is 1. The second kappa shape index (κ2) is 4.12. The topological polar surface area (TPSA) is 89.4 Å². The van der Waals surface area contributed by atoms with E-state index in [1.54, 1.807) is 0 Å². The third-order valence-electron chi connectivity index (χ3n) is 1.86. The highest BCUT2D eigenvalue weighted by atomic mass is 19.1. The quantitative estimate of drug-likeness (QED) is 0.554. The number of hydrogen-bond donors (Lipinski definition) is 2. The summed E-state index contributed by atoms with van der Waals surface area (Å²) in [5.74, 6) is -0.759. The van der Waals surface area contributed by atoms with Crippen LogP contribution in [0.1, 0.15) is 11.1 Å². The largest absolute Gasteiger partial charge is 0.392 e. The molecule has 0 fully saturated rings. The highest BCUT2D eigenvalue weighted by Crippen LogP contribution is 2.21. The van der Waals surface area contributed by atoms with E-state index in [1.165, 1.54) is 0 Å². The van der Waals surface area contributed by atoms with E-state index in [9.17, 15) is 14.5 Å². The number of nitro groups is 1. The lowest BCUT2D eigenvalue weighted by Crippen LogP contribution is -2.06. The smallest absolute Gasteiger partial charge is 0.272 e. The molecule has 0 atom stereocenters. The number of benzene rings is 1. The van der Waals surface area contributed by atoms with Gasteiger partial charge in [0, 0.05) is 18.2 Å². The zero-order valence-electron chi connectivity index (χ0n) is 7.24. The maximum absolute atomic E-state index is 13.2. The molecular formula is C8H9FN2O3. The second-order valence-electron chi connectivity index (χ2n) is 2.68. The van der Waals surface area contributed by atoms with Gasteiger partial charge in [0.05, 0.1) is 17.6 Å². The summed E-state index contributed by atoms with van der Waals surface area (Å²) >= 11 is 0. The highest BCUT2D eigenvalue weighted by molar-refractivity contribution is 5.40. The Kier molecular flexibility index (Phi) is 3.10. The molecular weight excluding hydrogens is 191 g/mol. The lowest BCUT2D eigenvalue weighted by Gasteiger charge is -2.05. The van der Waals surface area contributed by atoms with Crippen molar-refractivity contribution >= 4 is 5.69 Å². The van der Waals surface area contributed by atoms with E-state index in [1.807, 2.05) is 0 Å². The van der Waals surface area contributed by atoms with Crippen LogP contribution in [-0.2, 0) is 13.2 Å². The molecule has 0 spiro atoms. The fourth-order valence-corrected chi connectivity index (χ4v) is 1.15. The molecule has 14 heavy (non-hydrogen) atoms. The molecule has 0 heterocycles. The summed E-state index contributed by atoms with van der Waals surface area (Å²) < 4.78 is 13.2. The molecule has 1 aromatic rings. The first-order valence-electron chi connectivity index (χ1n) is 3.86. The van der Waals surface area contributed by atoms with Crippen LogP contribution in [0.4, 0.5) is 10.1 Å². The molecule has 0 bridgehead atoms. The first-order chi connectivity index (χ1) is 6.60. The van der Waals surface area contributed by atoms with Gasteiger partial charge in [0.2, 0.25) is 0 Å². The van der Waals surface area contributed by atoms with Crippen molar-refractivity contribution in [2.75, 3.05) is 0 Å². The first kappa shape index (κ1) is 10.6. The lowest BCUT2D eigenvalue weighted by molar-refractivity contribution is -0.385. The normalized spacial score (nSPS) is 10.2. The standard InChI is InChI=1S/C8H9FN2O3/c9-8-2-6(11(13)14)1-5(4-12)7(8)3-10/h1-2,12H,3-4,10H2. The number of nitro benzene ring substituents is 1. The van der Waals surface area contributed by atoms with E-state index in [2.05, 4.69) is 0 Å². The second-order valence-corrected chi connectivity index (χ2v) is 2.68. The van der Waals surface area contributed by atoms with Crippen molar-refractivity contribution in [1.82, 2.24) is 0 Å². The zero-order valence-corrected chi connectivity index (χ0v) is 7.24. The molecule has 0 saturated heterocycles. The van der Waals surface area contributed by atoms with Gasteiger partial charge in [0.15, 0.2) is 0 Å². The Morgan fingerprint density at radius 3 is 2.64 bits per heavy atom. The van der Waals surface area contributed by atoms with Gasteiger partial charge >= 0.3 is 0 Å². The molecule has 3 N–H and O–H groups in total. The summed E-state index contributed by atoms with van der Waals surface area (Å²) in [6.45, 7) is -0.565. The van der Waals surface area contributed by atoms with Crippen LogP contribution in [-0.4, -0.2) is 10.0 Å². The fraction of sp³-hybridized carbons (Fsp3) is 0.250. The molecule has 76 valence electrons. The summed E-state index contributed by atoms with van der Waals surface area (Å²) in [5.41, 5.74) is 5.11. The van der Waals surface area contributed by atoms with Gasteiger partial charge < -0.3 is 10.8 Å². The van der Waals surface area contributed by atoms with Crippen LogP contribution in [0.3, 0.4) is 0 Å². The highest BCUT2D eigenvalue weighted by Gasteiger charge is 2.14. The SMILES string of the molecule is NCc1c(F)cc([N+](=O)[O-])cc1CO. The molecule has 6 heteroatoms.